The smallest absolute Gasteiger partial charge is 0.0200 e. The fourth-order valence-electron chi connectivity index (χ4n) is 1.97. The number of allylic oxidation sites excluding steroid dienone is 1. The zero-order valence-electron chi connectivity index (χ0n) is 7.93. The van der Waals surface area contributed by atoms with Gasteiger partial charge in [0.2, 0.25) is 0 Å². The standard InChI is InChI=1S/C10H19N/c1-8(2)11-6-9(3)5-10(4)7-11/h9-10H,1,5-7H2,2-4H3. The monoisotopic (exact) mass is 153 g/mol. The Morgan fingerprint density at radius 2 is 1.73 bits per heavy atom. The zero-order valence-corrected chi connectivity index (χ0v) is 7.93. The number of hydrogen-bond donors (Lipinski definition) is 0. The maximum Gasteiger partial charge on any atom is 0.0200 e. The van der Waals surface area contributed by atoms with E-state index in [0.717, 1.165) is 11.8 Å². The number of nitrogens with zero attached hydrogens (tertiary/aromatic N) is 1. The second kappa shape index (κ2) is 3.29. The van der Waals surface area contributed by atoms with E-state index < -0.39 is 0 Å². The molecule has 1 heterocycles. The van der Waals surface area contributed by atoms with Crippen LogP contribution in [0.1, 0.15) is 27.2 Å². The van der Waals surface area contributed by atoms with Crippen LogP contribution >= 0.6 is 0 Å². The van der Waals surface area contributed by atoms with Gasteiger partial charge in [-0.3, -0.25) is 0 Å². The van der Waals surface area contributed by atoms with Crippen LogP contribution in [0, 0.1) is 11.8 Å². The molecule has 0 aromatic carbocycles. The van der Waals surface area contributed by atoms with Crippen LogP contribution in [0.3, 0.4) is 0 Å². The molecule has 2 atom stereocenters. The van der Waals surface area contributed by atoms with Crippen LogP contribution in [-0.4, -0.2) is 18.0 Å². The summed E-state index contributed by atoms with van der Waals surface area (Å²) in [7, 11) is 0. The van der Waals surface area contributed by atoms with Gasteiger partial charge < -0.3 is 4.90 Å². The van der Waals surface area contributed by atoms with Crippen molar-refractivity contribution in [3.05, 3.63) is 12.3 Å². The summed E-state index contributed by atoms with van der Waals surface area (Å²) in [6, 6.07) is 0. The van der Waals surface area contributed by atoms with Gasteiger partial charge in [0.25, 0.3) is 0 Å². The minimum absolute atomic E-state index is 0.843. The first kappa shape index (κ1) is 8.63. The maximum absolute atomic E-state index is 3.97. The molecular formula is C10H19N. The summed E-state index contributed by atoms with van der Waals surface area (Å²) in [5.74, 6) is 1.69. The lowest BCUT2D eigenvalue weighted by atomic mass is 9.92. The molecule has 0 spiro atoms. The highest BCUT2D eigenvalue weighted by molar-refractivity contribution is 4.92. The van der Waals surface area contributed by atoms with Crippen LogP contribution < -0.4 is 0 Å². The molecule has 1 heteroatoms. The van der Waals surface area contributed by atoms with Crippen molar-refractivity contribution in [1.82, 2.24) is 4.90 Å². The van der Waals surface area contributed by atoms with Crippen LogP contribution in [0.5, 0.6) is 0 Å². The Labute approximate surface area is 70.1 Å². The Hall–Kier alpha value is -0.460. The van der Waals surface area contributed by atoms with Gasteiger partial charge in [0.15, 0.2) is 0 Å². The first-order chi connectivity index (χ1) is 5.09. The quantitative estimate of drug-likeness (QED) is 0.559. The van der Waals surface area contributed by atoms with Crippen molar-refractivity contribution in [1.29, 1.82) is 0 Å². The van der Waals surface area contributed by atoms with Crippen LogP contribution in [0.2, 0.25) is 0 Å². The molecule has 11 heavy (non-hydrogen) atoms. The maximum atomic E-state index is 3.97. The van der Waals surface area contributed by atoms with Crippen molar-refractivity contribution in [3.8, 4) is 0 Å². The van der Waals surface area contributed by atoms with Crippen LogP contribution in [-0.2, 0) is 0 Å². The summed E-state index contributed by atoms with van der Waals surface area (Å²) in [4.78, 5) is 2.40. The lowest BCUT2D eigenvalue weighted by Crippen LogP contribution is -2.36. The molecule has 0 bridgehead atoms. The van der Waals surface area contributed by atoms with Gasteiger partial charge >= 0.3 is 0 Å². The van der Waals surface area contributed by atoms with E-state index in [1.165, 1.54) is 25.2 Å². The molecule has 1 rings (SSSR count). The first-order valence-electron chi connectivity index (χ1n) is 4.50. The first-order valence-corrected chi connectivity index (χ1v) is 4.50. The molecule has 1 fully saturated rings. The fourth-order valence-corrected chi connectivity index (χ4v) is 1.97. The Bertz CT molecular complexity index is 141. The fraction of sp³-hybridized carbons (Fsp3) is 0.800. The average molecular weight is 153 g/mol. The Kier molecular flexibility index (Phi) is 2.58. The van der Waals surface area contributed by atoms with Gasteiger partial charge in [-0.2, -0.15) is 0 Å². The summed E-state index contributed by atoms with van der Waals surface area (Å²) in [6.45, 7) is 13.1. The summed E-state index contributed by atoms with van der Waals surface area (Å²) < 4.78 is 0. The molecule has 0 aromatic heterocycles. The molecule has 0 radical (unpaired) electrons. The van der Waals surface area contributed by atoms with Gasteiger partial charge in [0.1, 0.15) is 0 Å². The van der Waals surface area contributed by atoms with Crippen molar-refractivity contribution >= 4 is 0 Å². The van der Waals surface area contributed by atoms with E-state index in [2.05, 4.69) is 32.3 Å². The second-order valence-electron chi connectivity index (χ2n) is 4.09. The molecule has 0 saturated carbocycles. The summed E-state index contributed by atoms with van der Waals surface area (Å²) in [6.07, 6.45) is 1.38. The second-order valence-corrected chi connectivity index (χ2v) is 4.09. The van der Waals surface area contributed by atoms with Crippen molar-refractivity contribution < 1.29 is 0 Å². The van der Waals surface area contributed by atoms with Gasteiger partial charge in [-0.1, -0.05) is 20.4 Å². The van der Waals surface area contributed by atoms with Gasteiger partial charge in [0, 0.05) is 18.8 Å². The van der Waals surface area contributed by atoms with E-state index in [-0.39, 0.29) is 0 Å². The third-order valence-electron chi connectivity index (χ3n) is 2.41. The van der Waals surface area contributed by atoms with E-state index in [0.29, 0.717) is 0 Å². The SMILES string of the molecule is C=C(C)N1CC(C)CC(C)C1. The molecule has 0 amide bonds. The zero-order chi connectivity index (χ0) is 8.43. The van der Waals surface area contributed by atoms with Gasteiger partial charge in [-0.15, -0.1) is 0 Å². The number of hydrogen-bond acceptors (Lipinski definition) is 1. The molecule has 0 aromatic rings. The van der Waals surface area contributed by atoms with E-state index in [1.807, 2.05) is 0 Å². The summed E-state index contributed by atoms with van der Waals surface area (Å²) in [5, 5.41) is 0. The minimum atomic E-state index is 0.843. The van der Waals surface area contributed by atoms with Gasteiger partial charge in [-0.25, -0.2) is 0 Å². The molecule has 0 aliphatic carbocycles. The van der Waals surface area contributed by atoms with Gasteiger partial charge in [-0.05, 0) is 25.2 Å². The highest BCUT2D eigenvalue weighted by Crippen LogP contribution is 2.22. The molecule has 1 nitrogen and oxygen atoms in total. The largest absolute Gasteiger partial charge is 0.375 e. The number of rotatable bonds is 1. The Morgan fingerprint density at radius 3 is 2.09 bits per heavy atom. The lowest BCUT2D eigenvalue weighted by Gasteiger charge is -2.36. The Morgan fingerprint density at radius 1 is 1.27 bits per heavy atom. The van der Waals surface area contributed by atoms with Crippen molar-refractivity contribution in [2.24, 2.45) is 11.8 Å². The average Bonchev–Trinajstić information content (AvgIpc) is 1.85. The normalized spacial score (nSPS) is 32.1. The van der Waals surface area contributed by atoms with Crippen LogP contribution in [0.15, 0.2) is 12.3 Å². The van der Waals surface area contributed by atoms with Crippen molar-refractivity contribution in [2.75, 3.05) is 13.1 Å². The minimum Gasteiger partial charge on any atom is -0.375 e. The summed E-state index contributed by atoms with van der Waals surface area (Å²) >= 11 is 0. The number of likely N-dealkylation sites (tertiary alicyclic amines) is 1. The molecule has 0 N–H and O–H groups in total. The predicted octanol–water partition coefficient (Wildman–Crippen LogP) is 2.50. The molecule has 64 valence electrons. The lowest BCUT2D eigenvalue weighted by molar-refractivity contribution is 0.179. The topological polar surface area (TPSA) is 3.24 Å². The molecule has 1 aliphatic rings. The van der Waals surface area contributed by atoms with Crippen molar-refractivity contribution in [3.63, 3.8) is 0 Å². The van der Waals surface area contributed by atoms with Gasteiger partial charge in [0.05, 0.1) is 0 Å². The third kappa shape index (κ3) is 2.25. The van der Waals surface area contributed by atoms with E-state index >= 15 is 0 Å². The Balaban J connectivity index is 2.49. The molecule has 1 aliphatic heterocycles. The van der Waals surface area contributed by atoms with E-state index in [1.54, 1.807) is 0 Å². The van der Waals surface area contributed by atoms with Crippen LogP contribution in [0.4, 0.5) is 0 Å². The molecular weight excluding hydrogens is 134 g/mol. The highest BCUT2D eigenvalue weighted by Gasteiger charge is 2.20. The number of piperidine rings is 1. The predicted molar refractivity (Wildman–Crippen MR) is 49.3 cm³/mol. The van der Waals surface area contributed by atoms with E-state index in [4.69, 9.17) is 0 Å². The van der Waals surface area contributed by atoms with Crippen molar-refractivity contribution in [2.45, 2.75) is 27.2 Å². The van der Waals surface area contributed by atoms with E-state index in [9.17, 15) is 0 Å². The van der Waals surface area contributed by atoms with Crippen LogP contribution in [0.25, 0.3) is 0 Å². The third-order valence-corrected chi connectivity index (χ3v) is 2.41. The highest BCUT2D eigenvalue weighted by atomic mass is 15.1. The molecule has 2 unspecified atom stereocenters. The molecule has 1 saturated heterocycles. The summed E-state index contributed by atoms with van der Waals surface area (Å²) in [5.41, 5.74) is 1.23.